The number of amides is 2. The number of aromatic nitrogens is 2. The Hall–Kier alpha value is -2.70. The van der Waals surface area contributed by atoms with Crippen LogP contribution in [-0.4, -0.2) is 44.6 Å². The van der Waals surface area contributed by atoms with Gasteiger partial charge in [0.1, 0.15) is 5.82 Å². The van der Waals surface area contributed by atoms with Gasteiger partial charge < -0.3 is 10.2 Å². The Bertz CT molecular complexity index is 894. The van der Waals surface area contributed by atoms with Gasteiger partial charge in [-0.05, 0) is 69.9 Å². The molecule has 2 atom stereocenters. The van der Waals surface area contributed by atoms with Gasteiger partial charge in [-0.2, -0.15) is 5.10 Å². The molecule has 2 aliphatic heterocycles. The van der Waals surface area contributed by atoms with Crippen molar-refractivity contribution in [3.8, 4) is 0 Å². The van der Waals surface area contributed by atoms with Crippen LogP contribution < -0.4 is 5.32 Å². The third-order valence-corrected chi connectivity index (χ3v) is 6.10. The number of piperidine rings is 1. The summed E-state index contributed by atoms with van der Waals surface area (Å²) in [6.45, 7) is 4.55. The summed E-state index contributed by atoms with van der Waals surface area (Å²) < 4.78 is 15.0. The number of aryl methyl sites for hydroxylation is 3. The van der Waals surface area contributed by atoms with Crippen LogP contribution in [0.5, 0.6) is 0 Å². The van der Waals surface area contributed by atoms with Gasteiger partial charge in [0.2, 0.25) is 5.91 Å². The van der Waals surface area contributed by atoms with Crippen LogP contribution in [0, 0.1) is 19.7 Å². The van der Waals surface area contributed by atoms with Gasteiger partial charge in [-0.15, -0.1) is 0 Å². The topological polar surface area (TPSA) is 67.2 Å². The Morgan fingerprint density at radius 2 is 1.79 bits per heavy atom. The maximum atomic E-state index is 13.1. The summed E-state index contributed by atoms with van der Waals surface area (Å²) in [4.78, 5) is 27.4. The minimum absolute atomic E-state index is 0.0464. The first-order valence-corrected chi connectivity index (χ1v) is 10.3. The number of hydrogen-bond acceptors (Lipinski definition) is 3. The second-order valence-electron chi connectivity index (χ2n) is 8.23. The lowest BCUT2D eigenvalue weighted by Crippen LogP contribution is -2.52. The van der Waals surface area contributed by atoms with E-state index < -0.39 is 0 Å². The summed E-state index contributed by atoms with van der Waals surface area (Å²) >= 11 is 0. The summed E-state index contributed by atoms with van der Waals surface area (Å²) in [6.07, 6.45) is 3.96. The number of hydrogen-bond donors (Lipinski definition) is 1. The summed E-state index contributed by atoms with van der Waals surface area (Å²) in [6, 6.07) is 8.01. The van der Waals surface area contributed by atoms with E-state index in [1.807, 2.05) is 29.5 Å². The monoisotopic (exact) mass is 398 g/mol. The quantitative estimate of drug-likeness (QED) is 0.842. The van der Waals surface area contributed by atoms with Gasteiger partial charge in [0.05, 0.1) is 5.69 Å². The summed E-state index contributed by atoms with van der Waals surface area (Å²) in [5, 5.41) is 7.50. The number of nitrogens with zero attached hydrogens (tertiary/aromatic N) is 3. The number of nitrogens with one attached hydrogen (secondary N) is 1. The molecule has 7 heteroatoms. The first-order valence-electron chi connectivity index (χ1n) is 10.3. The van der Waals surface area contributed by atoms with Crippen LogP contribution in [0.4, 0.5) is 4.39 Å². The molecule has 2 bridgehead atoms. The number of benzene rings is 1. The van der Waals surface area contributed by atoms with Gasteiger partial charge in [-0.1, -0.05) is 0 Å². The van der Waals surface area contributed by atoms with Crippen molar-refractivity contribution in [2.75, 3.05) is 0 Å². The molecule has 2 saturated heterocycles. The lowest BCUT2D eigenvalue weighted by molar-refractivity contribution is -0.136. The molecule has 2 aromatic rings. The smallest absolute Gasteiger partial charge is 0.251 e. The van der Waals surface area contributed by atoms with E-state index in [0.29, 0.717) is 18.5 Å². The molecule has 29 heavy (non-hydrogen) atoms. The number of rotatable bonds is 5. The lowest BCUT2D eigenvalue weighted by atomic mass is 9.96. The fourth-order valence-corrected chi connectivity index (χ4v) is 4.80. The Kier molecular flexibility index (Phi) is 5.39. The standard InChI is InChI=1S/C22H27FN4O2/c1-14-11-15(2)26(25-14)10-9-21(28)27-19-7-8-20(27)13-18(12-19)24-22(29)16-3-5-17(23)6-4-16/h3-6,11,18-20H,7-10,12-13H2,1-2H3,(H,24,29). The zero-order valence-corrected chi connectivity index (χ0v) is 16.9. The molecule has 0 radical (unpaired) electrons. The third kappa shape index (κ3) is 4.18. The maximum Gasteiger partial charge on any atom is 0.251 e. The molecule has 3 heterocycles. The van der Waals surface area contributed by atoms with E-state index in [0.717, 1.165) is 37.1 Å². The van der Waals surface area contributed by atoms with Crippen molar-refractivity contribution in [3.05, 3.63) is 53.1 Å². The van der Waals surface area contributed by atoms with Crippen molar-refractivity contribution < 1.29 is 14.0 Å². The molecule has 0 spiro atoms. The lowest BCUT2D eigenvalue weighted by Gasteiger charge is -2.39. The zero-order chi connectivity index (χ0) is 20.5. The summed E-state index contributed by atoms with van der Waals surface area (Å²) in [5.74, 6) is -0.362. The molecule has 6 nitrogen and oxygen atoms in total. The van der Waals surface area contributed by atoms with E-state index in [1.54, 1.807) is 0 Å². The van der Waals surface area contributed by atoms with Crippen LogP contribution in [0.25, 0.3) is 0 Å². The second-order valence-corrected chi connectivity index (χ2v) is 8.23. The van der Waals surface area contributed by atoms with Gasteiger partial charge in [0, 0.05) is 42.3 Å². The fraction of sp³-hybridized carbons (Fsp3) is 0.500. The SMILES string of the molecule is Cc1cc(C)n(CCC(=O)N2C3CCC2CC(NC(=O)c2ccc(F)cc2)C3)n1. The Morgan fingerprint density at radius 3 is 2.38 bits per heavy atom. The molecule has 0 saturated carbocycles. The molecule has 2 fully saturated rings. The molecule has 4 rings (SSSR count). The first kappa shape index (κ1) is 19.6. The van der Waals surface area contributed by atoms with Crippen LogP contribution in [-0.2, 0) is 11.3 Å². The molecule has 0 aliphatic carbocycles. The highest BCUT2D eigenvalue weighted by molar-refractivity contribution is 5.94. The molecule has 1 aromatic carbocycles. The highest BCUT2D eigenvalue weighted by atomic mass is 19.1. The summed E-state index contributed by atoms with van der Waals surface area (Å²) in [5.41, 5.74) is 2.50. The van der Waals surface area contributed by atoms with Crippen LogP contribution in [0.2, 0.25) is 0 Å². The van der Waals surface area contributed by atoms with E-state index >= 15 is 0 Å². The van der Waals surface area contributed by atoms with Crippen molar-refractivity contribution in [2.45, 2.75) is 70.6 Å². The Morgan fingerprint density at radius 1 is 1.14 bits per heavy atom. The van der Waals surface area contributed by atoms with Gasteiger partial charge in [-0.3, -0.25) is 14.3 Å². The number of halogens is 1. The molecule has 2 amide bonds. The van der Waals surface area contributed by atoms with Crippen LogP contribution in [0.3, 0.4) is 0 Å². The van der Waals surface area contributed by atoms with Gasteiger partial charge in [0.15, 0.2) is 0 Å². The minimum atomic E-state index is -0.355. The molecule has 154 valence electrons. The van der Waals surface area contributed by atoms with Crippen molar-refractivity contribution in [1.82, 2.24) is 20.0 Å². The third-order valence-electron chi connectivity index (χ3n) is 6.10. The van der Waals surface area contributed by atoms with Crippen molar-refractivity contribution in [2.24, 2.45) is 0 Å². The molecule has 1 aromatic heterocycles. The molecule has 1 N–H and O–H groups in total. The van der Waals surface area contributed by atoms with Crippen molar-refractivity contribution >= 4 is 11.8 Å². The average Bonchev–Trinajstić information content (AvgIpc) is 3.15. The highest BCUT2D eigenvalue weighted by Gasteiger charge is 2.43. The van der Waals surface area contributed by atoms with E-state index in [9.17, 15) is 14.0 Å². The largest absolute Gasteiger partial charge is 0.349 e. The number of carbonyl (C=O) groups excluding carboxylic acids is 2. The number of carbonyl (C=O) groups is 2. The predicted molar refractivity (Wildman–Crippen MR) is 107 cm³/mol. The van der Waals surface area contributed by atoms with Crippen LogP contribution in [0.15, 0.2) is 30.3 Å². The fourth-order valence-electron chi connectivity index (χ4n) is 4.80. The first-order chi connectivity index (χ1) is 13.9. The van der Waals surface area contributed by atoms with Crippen LogP contribution in [0.1, 0.15) is 53.8 Å². The summed E-state index contributed by atoms with van der Waals surface area (Å²) in [7, 11) is 0. The highest BCUT2D eigenvalue weighted by Crippen LogP contribution is 2.36. The van der Waals surface area contributed by atoms with Crippen molar-refractivity contribution in [1.29, 1.82) is 0 Å². The average molecular weight is 398 g/mol. The van der Waals surface area contributed by atoms with Gasteiger partial charge in [0.25, 0.3) is 5.91 Å². The predicted octanol–water partition coefficient (Wildman–Crippen LogP) is 2.98. The van der Waals surface area contributed by atoms with E-state index in [-0.39, 0.29) is 35.8 Å². The number of fused-ring (bicyclic) bond motifs is 2. The Labute approximate surface area is 170 Å². The van der Waals surface area contributed by atoms with E-state index in [2.05, 4.69) is 10.4 Å². The zero-order valence-electron chi connectivity index (χ0n) is 16.9. The molecule has 2 aliphatic rings. The van der Waals surface area contributed by atoms with Gasteiger partial charge >= 0.3 is 0 Å². The molecule has 2 unspecified atom stereocenters. The second kappa shape index (κ2) is 7.97. The van der Waals surface area contributed by atoms with Crippen molar-refractivity contribution in [3.63, 3.8) is 0 Å². The van der Waals surface area contributed by atoms with E-state index in [4.69, 9.17) is 0 Å². The maximum absolute atomic E-state index is 13.1. The minimum Gasteiger partial charge on any atom is -0.349 e. The normalized spacial score (nSPS) is 23.3. The molecular formula is C22H27FN4O2. The van der Waals surface area contributed by atoms with Crippen LogP contribution >= 0.6 is 0 Å². The molecular weight excluding hydrogens is 371 g/mol. The van der Waals surface area contributed by atoms with Gasteiger partial charge in [-0.25, -0.2) is 4.39 Å². The Balaban J connectivity index is 1.33. The van der Waals surface area contributed by atoms with E-state index in [1.165, 1.54) is 24.3 Å².